The molecular weight excluding hydrogens is 244 g/mol. The minimum atomic E-state index is -0.794. The van der Waals surface area contributed by atoms with Crippen molar-refractivity contribution in [3.8, 4) is 0 Å². The highest BCUT2D eigenvalue weighted by Crippen LogP contribution is 2.34. The zero-order valence-corrected chi connectivity index (χ0v) is 11.5. The van der Waals surface area contributed by atoms with Gasteiger partial charge in [0.1, 0.15) is 0 Å². The van der Waals surface area contributed by atoms with Crippen LogP contribution in [0.2, 0.25) is 0 Å². The third-order valence-electron chi connectivity index (χ3n) is 3.28. The van der Waals surface area contributed by atoms with Crippen LogP contribution >= 0.6 is 0 Å². The number of anilines is 2. The molecule has 102 valence electrons. The molecule has 1 aliphatic heterocycles. The van der Waals surface area contributed by atoms with E-state index in [0.717, 1.165) is 24.5 Å². The van der Waals surface area contributed by atoms with Crippen LogP contribution in [0.3, 0.4) is 0 Å². The van der Waals surface area contributed by atoms with E-state index in [0.29, 0.717) is 5.56 Å². The lowest BCUT2D eigenvalue weighted by molar-refractivity contribution is -0.137. The number of hydrogen-bond donors (Lipinski definition) is 0. The minimum absolute atomic E-state index is 0.204. The second kappa shape index (κ2) is 5.30. The first-order valence-electron chi connectivity index (χ1n) is 6.33. The maximum atomic E-state index is 12.1. The highest BCUT2D eigenvalue weighted by Gasteiger charge is 2.27. The van der Waals surface area contributed by atoms with Gasteiger partial charge in [-0.1, -0.05) is 6.07 Å². The van der Waals surface area contributed by atoms with Gasteiger partial charge in [-0.25, -0.2) is 4.79 Å². The van der Waals surface area contributed by atoms with Crippen LogP contribution in [0.4, 0.5) is 11.4 Å². The minimum Gasteiger partial charge on any atom is -0.460 e. The summed E-state index contributed by atoms with van der Waals surface area (Å²) >= 11 is 0. The number of carbonyl (C=O) groups excluding carboxylic acids is 2. The second-order valence-corrected chi connectivity index (χ2v) is 4.57. The van der Waals surface area contributed by atoms with Gasteiger partial charge in [-0.05, 0) is 19.1 Å². The van der Waals surface area contributed by atoms with E-state index in [2.05, 4.69) is 4.90 Å². The van der Waals surface area contributed by atoms with E-state index in [1.165, 1.54) is 0 Å². The topological polar surface area (TPSA) is 49.9 Å². The molecular formula is C14H18N2O3. The molecule has 0 aromatic heterocycles. The van der Waals surface area contributed by atoms with Crippen molar-refractivity contribution < 1.29 is 14.3 Å². The van der Waals surface area contributed by atoms with Gasteiger partial charge in [0.2, 0.25) is 0 Å². The molecule has 0 spiro atoms. The van der Waals surface area contributed by atoms with E-state index >= 15 is 0 Å². The zero-order chi connectivity index (χ0) is 14.0. The highest BCUT2D eigenvalue weighted by atomic mass is 16.5. The monoisotopic (exact) mass is 262 g/mol. The maximum Gasteiger partial charge on any atom is 0.379 e. The normalized spacial score (nSPS) is 14.1. The molecule has 19 heavy (non-hydrogen) atoms. The van der Waals surface area contributed by atoms with Gasteiger partial charge < -0.3 is 14.5 Å². The summed E-state index contributed by atoms with van der Waals surface area (Å²) in [6.07, 6.45) is 0. The Bertz CT molecular complexity index is 513. The number of nitrogens with zero attached hydrogens (tertiary/aromatic N) is 2. The standard InChI is InChI=1S/C14H18N2O3/c1-4-19-14(18)13(17)10-6-5-7-11-12(10)16(3)9-8-15(11)2/h5-7H,4,8-9H2,1-3H3. The van der Waals surface area contributed by atoms with Crippen LogP contribution in [0, 0.1) is 0 Å². The molecule has 0 radical (unpaired) electrons. The van der Waals surface area contributed by atoms with Crippen LogP contribution < -0.4 is 9.80 Å². The maximum absolute atomic E-state index is 12.1. The molecule has 0 fully saturated rings. The molecule has 0 bridgehead atoms. The number of likely N-dealkylation sites (N-methyl/N-ethyl adjacent to an activating group) is 2. The van der Waals surface area contributed by atoms with Crippen molar-refractivity contribution in [2.24, 2.45) is 0 Å². The van der Waals surface area contributed by atoms with E-state index in [-0.39, 0.29) is 6.61 Å². The zero-order valence-electron chi connectivity index (χ0n) is 11.5. The number of rotatable bonds is 3. The number of fused-ring (bicyclic) bond motifs is 1. The number of hydrogen-bond acceptors (Lipinski definition) is 5. The van der Waals surface area contributed by atoms with Crippen molar-refractivity contribution >= 4 is 23.1 Å². The number of esters is 1. The third-order valence-corrected chi connectivity index (χ3v) is 3.28. The van der Waals surface area contributed by atoms with Crippen molar-refractivity contribution in [2.45, 2.75) is 6.92 Å². The molecule has 1 aromatic rings. The first kappa shape index (κ1) is 13.4. The molecule has 0 atom stereocenters. The lowest BCUT2D eigenvalue weighted by Gasteiger charge is -2.35. The number of ketones is 1. The molecule has 0 saturated carbocycles. The summed E-state index contributed by atoms with van der Waals surface area (Å²) < 4.78 is 4.79. The lowest BCUT2D eigenvalue weighted by Crippen LogP contribution is -2.38. The Morgan fingerprint density at radius 3 is 2.58 bits per heavy atom. The number of Topliss-reactive ketones (excluding diaryl/α,β-unsaturated/α-hetero) is 1. The molecule has 1 aliphatic rings. The van der Waals surface area contributed by atoms with Crippen molar-refractivity contribution in [1.82, 2.24) is 0 Å². The molecule has 1 heterocycles. The number of benzene rings is 1. The van der Waals surface area contributed by atoms with E-state index in [9.17, 15) is 9.59 Å². The lowest BCUT2D eigenvalue weighted by atomic mass is 10.0. The van der Waals surface area contributed by atoms with Gasteiger partial charge >= 0.3 is 5.97 Å². The Labute approximate surface area is 112 Å². The van der Waals surface area contributed by atoms with Gasteiger partial charge in [0.25, 0.3) is 5.78 Å². The Balaban J connectivity index is 2.45. The average Bonchev–Trinajstić information content (AvgIpc) is 2.42. The van der Waals surface area contributed by atoms with Crippen molar-refractivity contribution in [2.75, 3.05) is 43.6 Å². The van der Waals surface area contributed by atoms with Crippen LogP contribution in [0.5, 0.6) is 0 Å². The van der Waals surface area contributed by atoms with Crippen LogP contribution in [0.25, 0.3) is 0 Å². The first-order chi connectivity index (χ1) is 9.06. The third kappa shape index (κ3) is 2.41. The van der Waals surface area contributed by atoms with E-state index in [1.54, 1.807) is 19.1 Å². The SMILES string of the molecule is CCOC(=O)C(=O)c1cccc2c1N(C)CCN2C. The average molecular weight is 262 g/mol. The number of ether oxygens (including phenoxy) is 1. The van der Waals surface area contributed by atoms with E-state index in [1.807, 2.05) is 25.1 Å². The van der Waals surface area contributed by atoms with Gasteiger partial charge in [0.05, 0.1) is 23.5 Å². The molecule has 0 saturated heterocycles. The van der Waals surface area contributed by atoms with Gasteiger partial charge in [0.15, 0.2) is 0 Å². The van der Waals surface area contributed by atoms with Gasteiger partial charge in [-0.3, -0.25) is 4.79 Å². The Kier molecular flexibility index (Phi) is 3.74. The Hall–Kier alpha value is -2.04. The molecule has 0 amide bonds. The fourth-order valence-corrected chi connectivity index (χ4v) is 2.26. The van der Waals surface area contributed by atoms with Crippen LogP contribution in [0.15, 0.2) is 18.2 Å². The largest absolute Gasteiger partial charge is 0.460 e. The predicted octanol–water partition coefficient (Wildman–Crippen LogP) is 1.32. The Morgan fingerprint density at radius 1 is 1.21 bits per heavy atom. The number of para-hydroxylation sites is 1. The van der Waals surface area contributed by atoms with Crippen molar-refractivity contribution in [1.29, 1.82) is 0 Å². The van der Waals surface area contributed by atoms with Crippen LogP contribution in [0.1, 0.15) is 17.3 Å². The fourth-order valence-electron chi connectivity index (χ4n) is 2.26. The van der Waals surface area contributed by atoms with E-state index < -0.39 is 11.8 Å². The summed E-state index contributed by atoms with van der Waals surface area (Å²) in [5.41, 5.74) is 2.17. The van der Waals surface area contributed by atoms with Crippen molar-refractivity contribution in [3.05, 3.63) is 23.8 Å². The predicted molar refractivity (Wildman–Crippen MR) is 73.9 cm³/mol. The molecule has 0 unspecified atom stereocenters. The summed E-state index contributed by atoms with van der Waals surface area (Å²) in [5, 5.41) is 0. The summed E-state index contributed by atoms with van der Waals surface area (Å²) in [4.78, 5) is 27.8. The summed E-state index contributed by atoms with van der Waals surface area (Å²) in [5.74, 6) is -1.38. The molecule has 5 heteroatoms. The first-order valence-corrected chi connectivity index (χ1v) is 6.33. The molecule has 2 rings (SSSR count). The van der Waals surface area contributed by atoms with Gasteiger partial charge in [-0.15, -0.1) is 0 Å². The van der Waals surface area contributed by atoms with Gasteiger partial charge in [-0.2, -0.15) is 0 Å². The van der Waals surface area contributed by atoms with E-state index in [4.69, 9.17) is 4.74 Å². The highest BCUT2D eigenvalue weighted by molar-refractivity contribution is 6.42. The van der Waals surface area contributed by atoms with Gasteiger partial charge in [0, 0.05) is 27.2 Å². The second-order valence-electron chi connectivity index (χ2n) is 4.57. The van der Waals surface area contributed by atoms with Crippen LogP contribution in [-0.4, -0.2) is 45.5 Å². The smallest absolute Gasteiger partial charge is 0.379 e. The Morgan fingerprint density at radius 2 is 1.89 bits per heavy atom. The van der Waals surface area contributed by atoms with Crippen molar-refractivity contribution in [3.63, 3.8) is 0 Å². The summed E-state index contributed by atoms with van der Waals surface area (Å²) in [6, 6.07) is 5.42. The van der Waals surface area contributed by atoms with Crippen LogP contribution in [-0.2, 0) is 9.53 Å². The number of carbonyl (C=O) groups is 2. The molecule has 1 aromatic carbocycles. The molecule has 0 aliphatic carbocycles. The summed E-state index contributed by atoms with van der Waals surface area (Å²) in [7, 11) is 3.90. The molecule has 5 nitrogen and oxygen atoms in total. The molecule has 0 N–H and O–H groups in total. The summed E-state index contributed by atoms with van der Waals surface area (Å²) in [6.45, 7) is 3.60. The fraction of sp³-hybridized carbons (Fsp3) is 0.429. The quantitative estimate of drug-likeness (QED) is 0.467.